The van der Waals surface area contributed by atoms with Gasteiger partial charge in [0, 0.05) is 31.8 Å². The molecule has 98 valence electrons. The molecular weight excluding hydrogens is 234 g/mol. The van der Waals surface area contributed by atoms with E-state index in [1.165, 1.54) is 0 Å². The molecule has 1 aliphatic rings. The Morgan fingerprint density at radius 1 is 1.61 bits per heavy atom. The van der Waals surface area contributed by atoms with Crippen molar-refractivity contribution in [1.29, 1.82) is 0 Å². The minimum atomic E-state index is -0.852. The second-order valence-corrected chi connectivity index (χ2v) is 4.56. The van der Waals surface area contributed by atoms with Crippen molar-refractivity contribution in [1.82, 2.24) is 14.7 Å². The Balaban J connectivity index is 2.39. The number of carbonyl (C=O) groups is 2. The van der Waals surface area contributed by atoms with Crippen LogP contribution in [0.5, 0.6) is 0 Å². The SMILES string of the molecule is CCN1C(=O)CC[C@@H](C(=O)O)[C@H]1c1cnn(C)c1. The van der Waals surface area contributed by atoms with E-state index in [9.17, 15) is 14.7 Å². The van der Waals surface area contributed by atoms with E-state index in [2.05, 4.69) is 5.10 Å². The first-order valence-electron chi connectivity index (χ1n) is 6.05. The molecule has 18 heavy (non-hydrogen) atoms. The van der Waals surface area contributed by atoms with Gasteiger partial charge in [-0.05, 0) is 13.3 Å². The van der Waals surface area contributed by atoms with Crippen molar-refractivity contribution in [3.63, 3.8) is 0 Å². The highest BCUT2D eigenvalue weighted by atomic mass is 16.4. The van der Waals surface area contributed by atoms with Gasteiger partial charge in [0.05, 0.1) is 18.2 Å². The normalized spacial score (nSPS) is 24.3. The molecule has 6 nitrogen and oxygen atoms in total. The van der Waals surface area contributed by atoms with E-state index in [1.54, 1.807) is 29.0 Å². The predicted octanol–water partition coefficient (Wildman–Crippen LogP) is 0.804. The molecule has 1 aliphatic heterocycles. The highest BCUT2D eigenvalue weighted by molar-refractivity contribution is 5.81. The molecule has 2 atom stereocenters. The van der Waals surface area contributed by atoms with E-state index in [-0.39, 0.29) is 5.91 Å². The Morgan fingerprint density at radius 3 is 2.83 bits per heavy atom. The zero-order valence-corrected chi connectivity index (χ0v) is 10.5. The summed E-state index contributed by atoms with van der Waals surface area (Å²) in [4.78, 5) is 24.9. The van der Waals surface area contributed by atoms with Gasteiger partial charge in [-0.1, -0.05) is 0 Å². The number of carboxylic acid groups (broad SMARTS) is 1. The van der Waals surface area contributed by atoms with E-state index in [0.717, 1.165) is 5.56 Å². The van der Waals surface area contributed by atoms with Gasteiger partial charge >= 0.3 is 5.97 Å². The van der Waals surface area contributed by atoms with Crippen molar-refractivity contribution in [3.05, 3.63) is 18.0 Å². The molecule has 1 amide bonds. The third-order valence-electron chi connectivity index (χ3n) is 3.43. The van der Waals surface area contributed by atoms with Crippen molar-refractivity contribution in [3.8, 4) is 0 Å². The molecule has 6 heteroatoms. The monoisotopic (exact) mass is 251 g/mol. The number of hydrogen-bond donors (Lipinski definition) is 1. The number of piperidine rings is 1. The van der Waals surface area contributed by atoms with E-state index in [1.807, 2.05) is 6.92 Å². The lowest BCUT2D eigenvalue weighted by Gasteiger charge is -2.38. The molecule has 1 aromatic rings. The fraction of sp³-hybridized carbons (Fsp3) is 0.583. The van der Waals surface area contributed by atoms with Crippen LogP contribution in [0.1, 0.15) is 31.4 Å². The number of aryl methyl sites for hydroxylation is 1. The van der Waals surface area contributed by atoms with E-state index >= 15 is 0 Å². The van der Waals surface area contributed by atoms with Crippen LogP contribution < -0.4 is 0 Å². The molecule has 0 saturated carbocycles. The second kappa shape index (κ2) is 4.80. The molecule has 0 unspecified atom stereocenters. The minimum absolute atomic E-state index is 0.0175. The number of likely N-dealkylation sites (tertiary alicyclic amines) is 1. The summed E-state index contributed by atoms with van der Waals surface area (Å²) in [5.74, 6) is -1.38. The third kappa shape index (κ3) is 2.10. The molecule has 0 spiro atoms. The average molecular weight is 251 g/mol. The number of amides is 1. The Bertz CT molecular complexity index is 467. The summed E-state index contributed by atoms with van der Waals surface area (Å²) in [6.07, 6.45) is 4.12. The zero-order chi connectivity index (χ0) is 13.3. The fourth-order valence-corrected chi connectivity index (χ4v) is 2.59. The number of nitrogens with zero attached hydrogens (tertiary/aromatic N) is 3. The highest BCUT2D eigenvalue weighted by Gasteiger charge is 2.40. The number of aliphatic carboxylic acids is 1. The van der Waals surface area contributed by atoms with Crippen LogP contribution in [-0.4, -0.2) is 38.2 Å². The number of carboxylic acids is 1. The Morgan fingerprint density at radius 2 is 2.33 bits per heavy atom. The first kappa shape index (κ1) is 12.6. The molecule has 0 bridgehead atoms. The fourth-order valence-electron chi connectivity index (χ4n) is 2.59. The van der Waals surface area contributed by atoms with Crippen molar-refractivity contribution < 1.29 is 14.7 Å². The third-order valence-corrected chi connectivity index (χ3v) is 3.43. The summed E-state index contributed by atoms with van der Waals surface area (Å²) in [5, 5.41) is 13.4. The summed E-state index contributed by atoms with van der Waals surface area (Å²) in [6.45, 7) is 2.38. The number of carbonyl (C=O) groups excluding carboxylic acids is 1. The van der Waals surface area contributed by atoms with E-state index in [4.69, 9.17) is 0 Å². The predicted molar refractivity (Wildman–Crippen MR) is 63.7 cm³/mol. The van der Waals surface area contributed by atoms with Crippen LogP contribution in [0.25, 0.3) is 0 Å². The van der Waals surface area contributed by atoms with Crippen molar-refractivity contribution >= 4 is 11.9 Å². The maximum atomic E-state index is 11.9. The number of rotatable bonds is 3. The van der Waals surface area contributed by atoms with Gasteiger partial charge in [-0.25, -0.2) is 0 Å². The summed E-state index contributed by atoms with van der Waals surface area (Å²) in [5.41, 5.74) is 0.791. The van der Waals surface area contributed by atoms with Gasteiger partial charge in [0.15, 0.2) is 0 Å². The average Bonchev–Trinajstić information content (AvgIpc) is 2.74. The first-order chi connectivity index (χ1) is 8.54. The molecular formula is C12H17N3O3. The quantitative estimate of drug-likeness (QED) is 0.862. The smallest absolute Gasteiger partial charge is 0.308 e. The van der Waals surface area contributed by atoms with Gasteiger partial charge in [-0.3, -0.25) is 14.3 Å². The van der Waals surface area contributed by atoms with Gasteiger partial charge < -0.3 is 10.0 Å². The maximum Gasteiger partial charge on any atom is 0.308 e. The first-order valence-corrected chi connectivity index (χ1v) is 6.05. The molecule has 2 rings (SSSR count). The summed E-state index contributed by atoms with van der Waals surface area (Å²) in [7, 11) is 1.78. The zero-order valence-electron chi connectivity index (χ0n) is 10.5. The maximum absolute atomic E-state index is 11.9. The molecule has 1 N–H and O–H groups in total. The number of aromatic nitrogens is 2. The second-order valence-electron chi connectivity index (χ2n) is 4.56. The van der Waals surface area contributed by atoms with Gasteiger partial charge in [0.25, 0.3) is 0 Å². The molecule has 2 heterocycles. The lowest BCUT2D eigenvalue weighted by Crippen LogP contribution is -2.45. The molecule has 0 radical (unpaired) electrons. The van der Waals surface area contributed by atoms with Crippen molar-refractivity contribution in [2.24, 2.45) is 13.0 Å². The summed E-state index contributed by atoms with van der Waals surface area (Å²) in [6, 6.07) is -0.401. The lowest BCUT2D eigenvalue weighted by atomic mass is 9.85. The molecule has 1 aromatic heterocycles. The minimum Gasteiger partial charge on any atom is -0.481 e. The van der Waals surface area contributed by atoms with Crippen molar-refractivity contribution in [2.75, 3.05) is 6.54 Å². The van der Waals surface area contributed by atoms with Gasteiger partial charge in [-0.15, -0.1) is 0 Å². The highest BCUT2D eigenvalue weighted by Crippen LogP contribution is 2.36. The van der Waals surface area contributed by atoms with Gasteiger partial charge in [-0.2, -0.15) is 5.10 Å². The van der Waals surface area contributed by atoms with Gasteiger partial charge in [0.2, 0.25) is 5.91 Å². The Kier molecular flexibility index (Phi) is 3.36. The van der Waals surface area contributed by atoms with E-state index < -0.39 is 17.9 Å². The Labute approximate surface area is 105 Å². The van der Waals surface area contributed by atoms with Crippen LogP contribution in [0.2, 0.25) is 0 Å². The van der Waals surface area contributed by atoms with Crippen LogP contribution in [0.3, 0.4) is 0 Å². The number of hydrogen-bond acceptors (Lipinski definition) is 3. The van der Waals surface area contributed by atoms with Crippen molar-refractivity contribution in [2.45, 2.75) is 25.8 Å². The largest absolute Gasteiger partial charge is 0.481 e. The summed E-state index contributed by atoms with van der Waals surface area (Å²) < 4.78 is 1.63. The van der Waals surface area contributed by atoms with Crippen LogP contribution >= 0.6 is 0 Å². The van der Waals surface area contributed by atoms with Crippen LogP contribution in [-0.2, 0) is 16.6 Å². The molecule has 0 aliphatic carbocycles. The lowest BCUT2D eigenvalue weighted by molar-refractivity contribution is -0.151. The summed E-state index contributed by atoms with van der Waals surface area (Å²) >= 11 is 0. The standard InChI is InChI=1S/C12H17N3O3/c1-3-15-10(16)5-4-9(12(17)18)11(15)8-6-13-14(2)7-8/h6-7,9,11H,3-5H2,1-2H3,(H,17,18)/t9-,11-/m1/s1. The molecule has 1 saturated heterocycles. The Hall–Kier alpha value is -1.85. The molecule has 0 aromatic carbocycles. The van der Waals surface area contributed by atoms with Crippen LogP contribution in [0.4, 0.5) is 0 Å². The van der Waals surface area contributed by atoms with Gasteiger partial charge in [0.1, 0.15) is 0 Å². The molecule has 1 fully saturated rings. The topological polar surface area (TPSA) is 75.4 Å². The van der Waals surface area contributed by atoms with Crippen LogP contribution in [0.15, 0.2) is 12.4 Å². The van der Waals surface area contributed by atoms with Crippen LogP contribution in [0, 0.1) is 5.92 Å². The van der Waals surface area contributed by atoms with E-state index in [0.29, 0.717) is 19.4 Å².